The van der Waals surface area contributed by atoms with Crippen LogP contribution in [0.1, 0.15) is 36.7 Å². The van der Waals surface area contributed by atoms with Crippen LogP contribution in [-0.4, -0.2) is 16.1 Å². The zero-order chi connectivity index (χ0) is 14.0. The molecule has 3 nitrogen and oxygen atoms in total. The molecule has 1 atom stereocenters. The van der Waals surface area contributed by atoms with E-state index in [4.69, 9.17) is 0 Å². The van der Waals surface area contributed by atoms with Crippen LogP contribution in [0.3, 0.4) is 0 Å². The largest absolute Gasteiger partial charge is 0.298 e. The van der Waals surface area contributed by atoms with Gasteiger partial charge in [0.1, 0.15) is 5.69 Å². The van der Waals surface area contributed by atoms with Crippen molar-refractivity contribution in [1.82, 2.24) is 9.78 Å². The average Bonchev–Trinajstić information content (AvgIpc) is 2.85. The van der Waals surface area contributed by atoms with E-state index in [1.165, 1.54) is 6.07 Å². The first-order valence-corrected chi connectivity index (χ1v) is 6.06. The van der Waals surface area contributed by atoms with Gasteiger partial charge < -0.3 is 0 Å². The van der Waals surface area contributed by atoms with Crippen molar-refractivity contribution in [2.24, 2.45) is 0 Å². The average molecular weight is 264 g/mol. The van der Waals surface area contributed by atoms with E-state index < -0.39 is 11.6 Å². The Morgan fingerprint density at radius 3 is 2.68 bits per heavy atom. The third kappa shape index (κ3) is 2.54. The van der Waals surface area contributed by atoms with Crippen LogP contribution >= 0.6 is 0 Å². The van der Waals surface area contributed by atoms with E-state index in [1.54, 1.807) is 10.9 Å². The highest BCUT2D eigenvalue weighted by Gasteiger charge is 2.14. The van der Waals surface area contributed by atoms with Crippen molar-refractivity contribution in [2.75, 3.05) is 0 Å². The van der Waals surface area contributed by atoms with Crippen molar-refractivity contribution in [1.29, 1.82) is 0 Å². The first-order chi connectivity index (χ1) is 9.06. The van der Waals surface area contributed by atoms with E-state index in [0.717, 1.165) is 18.6 Å². The molecular formula is C14H14F2N2O. The maximum absolute atomic E-state index is 13.2. The van der Waals surface area contributed by atoms with E-state index in [0.29, 0.717) is 23.1 Å². The number of halogens is 2. The summed E-state index contributed by atoms with van der Waals surface area (Å²) in [5.74, 6) is -1.87. The lowest BCUT2D eigenvalue weighted by molar-refractivity contribution is 0.112. The summed E-state index contributed by atoms with van der Waals surface area (Å²) in [6, 6.07) is 3.62. The Morgan fingerprint density at radius 1 is 1.37 bits per heavy atom. The second kappa shape index (κ2) is 5.30. The molecule has 100 valence electrons. The zero-order valence-corrected chi connectivity index (χ0v) is 10.7. The molecule has 1 heterocycles. The summed E-state index contributed by atoms with van der Waals surface area (Å²) in [5.41, 5.74) is 1.13. The lowest BCUT2D eigenvalue weighted by Gasteiger charge is -2.08. The summed E-state index contributed by atoms with van der Waals surface area (Å²) in [7, 11) is 0. The van der Waals surface area contributed by atoms with Gasteiger partial charge in [0, 0.05) is 17.8 Å². The van der Waals surface area contributed by atoms with Crippen LogP contribution < -0.4 is 0 Å². The molecule has 0 aliphatic heterocycles. The molecular weight excluding hydrogens is 250 g/mol. The second-order valence-electron chi connectivity index (χ2n) is 4.42. The minimum Gasteiger partial charge on any atom is -0.298 e. The van der Waals surface area contributed by atoms with Crippen LogP contribution in [0.2, 0.25) is 0 Å². The van der Waals surface area contributed by atoms with Gasteiger partial charge >= 0.3 is 0 Å². The maximum Gasteiger partial charge on any atom is 0.159 e. The Labute approximate surface area is 109 Å². The van der Waals surface area contributed by atoms with Crippen LogP contribution in [0.4, 0.5) is 8.78 Å². The Balaban J connectivity index is 2.51. The molecule has 0 saturated carbocycles. The van der Waals surface area contributed by atoms with E-state index in [9.17, 15) is 13.6 Å². The quantitative estimate of drug-likeness (QED) is 0.791. The fraction of sp³-hybridized carbons (Fsp3) is 0.286. The number of benzene rings is 1. The van der Waals surface area contributed by atoms with Gasteiger partial charge in [0.2, 0.25) is 0 Å². The first kappa shape index (κ1) is 13.4. The monoisotopic (exact) mass is 264 g/mol. The first-order valence-electron chi connectivity index (χ1n) is 6.06. The molecule has 0 saturated heterocycles. The van der Waals surface area contributed by atoms with Crippen LogP contribution in [-0.2, 0) is 0 Å². The number of hydrogen-bond donors (Lipinski definition) is 0. The summed E-state index contributed by atoms with van der Waals surface area (Å²) < 4.78 is 27.8. The SMILES string of the molecule is CCC(C)n1cc(C=O)c(-c2ccc(F)c(F)c2)n1. The predicted molar refractivity (Wildman–Crippen MR) is 68.0 cm³/mol. The Kier molecular flexibility index (Phi) is 3.74. The molecule has 1 aromatic heterocycles. The normalized spacial score (nSPS) is 12.4. The molecule has 19 heavy (non-hydrogen) atoms. The van der Waals surface area contributed by atoms with Crippen LogP contribution in [0.25, 0.3) is 11.3 Å². The third-order valence-corrected chi connectivity index (χ3v) is 3.12. The fourth-order valence-corrected chi connectivity index (χ4v) is 1.77. The molecule has 2 aromatic rings. The van der Waals surface area contributed by atoms with Crippen molar-refractivity contribution in [3.63, 3.8) is 0 Å². The van der Waals surface area contributed by atoms with Crippen molar-refractivity contribution in [3.05, 3.63) is 41.6 Å². The number of carbonyl (C=O) groups is 1. The lowest BCUT2D eigenvalue weighted by Crippen LogP contribution is -2.04. The molecule has 0 spiro atoms. The fourth-order valence-electron chi connectivity index (χ4n) is 1.77. The summed E-state index contributed by atoms with van der Waals surface area (Å²) in [6.07, 6.45) is 3.15. The summed E-state index contributed by atoms with van der Waals surface area (Å²) in [5, 5.41) is 4.29. The van der Waals surface area contributed by atoms with Crippen molar-refractivity contribution in [2.45, 2.75) is 26.3 Å². The minimum absolute atomic E-state index is 0.137. The highest BCUT2D eigenvalue weighted by atomic mass is 19.2. The standard InChI is InChI=1S/C14H14F2N2O/c1-3-9(2)18-7-11(8-19)14(17-18)10-4-5-12(15)13(16)6-10/h4-9H,3H2,1-2H3. The topological polar surface area (TPSA) is 34.9 Å². The van der Waals surface area contributed by atoms with Gasteiger partial charge in [0.25, 0.3) is 0 Å². The summed E-state index contributed by atoms with van der Waals surface area (Å²) in [4.78, 5) is 11.1. The van der Waals surface area contributed by atoms with Crippen LogP contribution in [0.15, 0.2) is 24.4 Å². The molecule has 0 fully saturated rings. The Morgan fingerprint density at radius 2 is 2.11 bits per heavy atom. The van der Waals surface area contributed by atoms with E-state index in [-0.39, 0.29) is 6.04 Å². The second-order valence-corrected chi connectivity index (χ2v) is 4.42. The number of rotatable bonds is 4. The molecule has 5 heteroatoms. The summed E-state index contributed by atoms with van der Waals surface area (Å²) in [6.45, 7) is 3.97. The maximum atomic E-state index is 13.2. The van der Waals surface area contributed by atoms with Gasteiger partial charge in [0.15, 0.2) is 17.9 Å². The van der Waals surface area contributed by atoms with Crippen LogP contribution in [0, 0.1) is 11.6 Å². The van der Waals surface area contributed by atoms with Crippen molar-refractivity contribution >= 4 is 6.29 Å². The van der Waals surface area contributed by atoms with Crippen molar-refractivity contribution < 1.29 is 13.6 Å². The number of aromatic nitrogens is 2. The molecule has 0 bridgehead atoms. The van der Waals surface area contributed by atoms with E-state index in [2.05, 4.69) is 5.10 Å². The molecule has 2 rings (SSSR count). The Bertz CT molecular complexity index is 607. The molecule has 0 aliphatic carbocycles. The molecule has 1 aromatic carbocycles. The van der Waals surface area contributed by atoms with Gasteiger partial charge in [0.05, 0.1) is 5.56 Å². The number of aldehydes is 1. The van der Waals surface area contributed by atoms with Gasteiger partial charge in [-0.2, -0.15) is 5.10 Å². The molecule has 0 aliphatic rings. The van der Waals surface area contributed by atoms with E-state index in [1.807, 2.05) is 13.8 Å². The molecule has 1 unspecified atom stereocenters. The molecule has 0 amide bonds. The zero-order valence-electron chi connectivity index (χ0n) is 10.7. The lowest BCUT2D eigenvalue weighted by atomic mass is 10.1. The molecule has 0 N–H and O–H groups in total. The smallest absolute Gasteiger partial charge is 0.159 e. The van der Waals surface area contributed by atoms with Gasteiger partial charge in [-0.3, -0.25) is 9.48 Å². The van der Waals surface area contributed by atoms with Gasteiger partial charge in [-0.1, -0.05) is 6.92 Å². The van der Waals surface area contributed by atoms with Gasteiger partial charge in [-0.15, -0.1) is 0 Å². The number of hydrogen-bond acceptors (Lipinski definition) is 2. The van der Waals surface area contributed by atoms with Crippen LogP contribution in [0.5, 0.6) is 0 Å². The Hall–Kier alpha value is -2.04. The van der Waals surface area contributed by atoms with Crippen molar-refractivity contribution in [3.8, 4) is 11.3 Å². The number of nitrogens with zero attached hydrogens (tertiary/aromatic N) is 2. The highest BCUT2D eigenvalue weighted by molar-refractivity contribution is 5.85. The minimum atomic E-state index is -0.951. The predicted octanol–water partition coefficient (Wildman–Crippen LogP) is 3.61. The highest BCUT2D eigenvalue weighted by Crippen LogP contribution is 2.24. The van der Waals surface area contributed by atoms with E-state index >= 15 is 0 Å². The summed E-state index contributed by atoms with van der Waals surface area (Å²) >= 11 is 0. The third-order valence-electron chi connectivity index (χ3n) is 3.12. The molecule has 0 radical (unpaired) electrons. The van der Waals surface area contributed by atoms with Gasteiger partial charge in [-0.05, 0) is 31.5 Å². The number of carbonyl (C=O) groups excluding carboxylic acids is 1. The van der Waals surface area contributed by atoms with Gasteiger partial charge in [-0.25, -0.2) is 8.78 Å².